The van der Waals surface area contributed by atoms with E-state index in [1.165, 1.54) is 12.1 Å². The van der Waals surface area contributed by atoms with Gasteiger partial charge in [0.15, 0.2) is 6.29 Å². The van der Waals surface area contributed by atoms with Crippen molar-refractivity contribution >= 4 is 22.9 Å². The molecule has 2 aromatic rings. The molecule has 9 heteroatoms. The quantitative estimate of drug-likeness (QED) is 0.179. The SMILES string of the molecule is COC(CCCCNc1ccc(NCCN(C)C)c2c1C(=O)c1c(O)ccc(O)c1C2=O)OC. The van der Waals surface area contributed by atoms with Crippen LogP contribution in [0.4, 0.5) is 11.4 Å². The third-order valence-corrected chi connectivity index (χ3v) is 5.86. The number of hydrogen-bond donors (Lipinski definition) is 4. The second-order valence-electron chi connectivity index (χ2n) is 8.48. The number of phenols is 2. The van der Waals surface area contributed by atoms with Crippen LogP contribution in [0.3, 0.4) is 0 Å². The zero-order valence-corrected chi connectivity index (χ0v) is 20.1. The number of carbonyl (C=O) groups is 2. The van der Waals surface area contributed by atoms with E-state index in [4.69, 9.17) is 9.47 Å². The highest BCUT2D eigenvalue weighted by Crippen LogP contribution is 2.42. The normalized spacial score (nSPS) is 12.8. The molecule has 4 N–H and O–H groups in total. The van der Waals surface area contributed by atoms with E-state index in [2.05, 4.69) is 10.6 Å². The molecule has 184 valence electrons. The summed E-state index contributed by atoms with van der Waals surface area (Å²) in [4.78, 5) is 29.0. The fourth-order valence-electron chi connectivity index (χ4n) is 4.06. The predicted octanol–water partition coefficient (Wildman–Crippen LogP) is 3.05. The topological polar surface area (TPSA) is 120 Å². The molecule has 0 atom stereocenters. The van der Waals surface area contributed by atoms with Crippen LogP contribution in [0.15, 0.2) is 24.3 Å². The molecule has 0 heterocycles. The van der Waals surface area contributed by atoms with Gasteiger partial charge in [-0.25, -0.2) is 0 Å². The van der Waals surface area contributed by atoms with Crippen LogP contribution < -0.4 is 10.6 Å². The van der Waals surface area contributed by atoms with E-state index in [0.29, 0.717) is 24.5 Å². The minimum Gasteiger partial charge on any atom is -0.507 e. The van der Waals surface area contributed by atoms with Crippen LogP contribution in [0.25, 0.3) is 0 Å². The number of anilines is 2. The van der Waals surface area contributed by atoms with Gasteiger partial charge >= 0.3 is 0 Å². The molecule has 0 fully saturated rings. The summed E-state index contributed by atoms with van der Waals surface area (Å²) in [6, 6.07) is 5.97. The first-order chi connectivity index (χ1) is 16.3. The Bertz CT molecular complexity index is 1050. The highest BCUT2D eigenvalue weighted by atomic mass is 16.7. The lowest BCUT2D eigenvalue weighted by molar-refractivity contribution is -0.107. The molecular weight excluding hydrogens is 438 g/mol. The van der Waals surface area contributed by atoms with Gasteiger partial charge in [-0.1, -0.05) is 0 Å². The number of hydrogen-bond acceptors (Lipinski definition) is 9. The molecule has 0 aliphatic heterocycles. The third-order valence-electron chi connectivity index (χ3n) is 5.86. The molecule has 0 saturated heterocycles. The molecule has 1 aliphatic carbocycles. The summed E-state index contributed by atoms with van der Waals surface area (Å²) < 4.78 is 10.4. The van der Waals surface area contributed by atoms with Gasteiger partial charge in [0.1, 0.15) is 11.5 Å². The van der Waals surface area contributed by atoms with Gasteiger partial charge in [-0.2, -0.15) is 0 Å². The summed E-state index contributed by atoms with van der Waals surface area (Å²) in [5, 5.41) is 27.2. The van der Waals surface area contributed by atoms with Crippen molar-refractivity contribution in [3.63, 3.8) is 0 Å². The highest BCUT2D eigenvalue weighted by Gasteiger charge is 2.37. The molecule has 0 bridgehead atoms. The van der Waals surface area contributed by atoms with E-state index >= 15 is 0 Å². The molecule has 0 amide bonds. The van der Waals surface area contributed by atoms with Crippen molar-refractivity contribution in [2.45, 2.75) is 25.6 Å². The first-order valence-corrected chi connectivity index (χ1v) is 11.3. The number of fused-ring (bicyclic) bond motifs is 2. The average molecular weight is 472 g/mol. The fraction of sp³-hybridized carbons (Fsp3) is 0.440. The Kier molecular flexibility index (Phi) is 8.49. The molecule has 3 rings (SSSR count). The largest absolute Gasteiger partial charge is 0.507 e. The smallest absolute Gasteiger partial charge is 0.200 e. The molecule has 34 heavy (non-hydrogen) atoms. The maximum absolute atomic E-state index is 13.5. The number of nitrogens with one attached hydrogen (secondary N) is 2. The van der Waals surface area contributed by atoms with Crippen LogP contribution in [0.1, 0.15) is 51.1 Å². The van der Waals surface area contributed by atoms with Crippen molar-refractivity contribution in [3.8, 4) is 11.5 Å². The number of methoxy groups -OCH3 is 2. The second kappa shape index (κ2) is 11.3. The third kappa shape index (κ3) is 5.32. The molecule has 0 spiro atoms. The molecule has 0 radical (unpaired) electrons. The highest BCUT2D eigenvalue weighted by molar-refractivity contribution is 6.33. The Morgan fingerprint density at radius 2 is 1.29 bits per heavy atom. The number of benzene rings is 2. The maximum atomic E-state index is 13.5. The molecule has 0 saturated carbocycles. The summed E-state index contributed by atoms with van der Waals surface area (Å²) in [6.45, 7) is 1.86. The van der Waals surface area contributed by atoms with Crippen LogP contribution in [0.2, 0.25) is 0 Å². The number of likely N-dealkylation sites (N-methyl/N-ethyl adjacent to an activating group) is 1. The zero-order valence-electron chi connectivity index (χ0n) is 20.1. The van der Waals surface area contributed by atoms with Gasteiger partial charge in [-0.15, -0.1) is 0 Å². The van der Waals surface area contributed by atoms with Gasteiger partial charge in [0.05, 0.1) is 22.3 Å². The Balaban J connectivity index is 1.92. The lowest BCUT2D eigenvalue weighted by atomic mass is 9.81. The monoisotopic (exact) mass is 471 g/mol. The van der Waals surface area contributed by atoms with Crippen LogP contribution in [0, 0.1) is 0 Å². The van der Waals surface area contributed by atoms with Gasteiger partial charge in [0.2, 0.25) is 11.6 Å². The van der Waals surface area contributed by atoms with Crippen molar-refractivity contribution < 1.29 is 29.3 Å². The van der Waals surface area contributed by atoms with Crippen molar-refractivity contribution in [2.75, 3.05) is 58.6 Å². The summed E-state index contributed by atoms with van der Waals surface area (Å²) in [6.07, 6.45) is 2.12. The summed E-state index contributed by atoms with van der Waals surface area (Å²) in [5.74, 6) is -1.67. The molecule has 1 aliphatic rings. The van der Waals surface area contributed by atoms with Gasteiger partial charge in [-0.3, -0.25) is 9.59 Å². The van der Waals surface area contributed by atoms with E-state index in [1.807, 2.05) is 19.0 Å². The zero-order chi connectivity index (χ0) is 24.8. The van der Waals surface area contributed by atoms with Crippen molar-refractivity contribution in [1.29, 1.82) is 0 Å². The fourth-order valence-corrected chi connectivity index (χ4v) is 4.06. The van der Waals surface area contributed by atoms with Crippen molar-refractivity contribution in [1.82, 2.24) is 4.90 Å². The number of rotatable bonds is 12. The molecule has 0 unspecified atom stereocenters. The molecular formula is C25H33N3O6. The van der Waals surface area contributed by atoms with E-state index in [0.717, 1.165) is 25.8 Å². The molecule has 2 aromatic carbocycles. The first-order valence-electron chi connectivity index (χ1n) is 11.3. The Hall–Kier alpha value is -3.14. The van der Waals surface area contributed by atoms with E-state index in [9.17, 15) is 19.8 Å². The minimum atomic E-state index is -0.504. The minimum absolute atomic E-state index is 0.171. The van der Waals surface area contributed by atoms with Gasteiger partial charge in [0.25, 0.3) is 0 Å². The number of unbranched alkanes of at least 4 members (excludes halogenated alkanes) is 1. The summed E-state index contributed by atoms with van der Waals surface area (Å²) in [7, 11) is 7.08. The number of nitrogens with zero attached hydrogens (tertiary/aromatic N) is 1. The summed E-state index contributed by atoms with van der Waals surface area (Å²) in [5.41, 5.74) is 1.07. The van der Waals surface area contributed by atoms with Crippen LogP contribution in [-0.4, -0.2) is 80.9 Å². The lowest BCUT2D eigenvalue weighted by Gasteiger charge is -2.25. The maximum Gasteiger partial charge on any atom is 0.200 e. The van der Waals surface area contributed by atoms with Crippen LogP contribution >= 0.6 is 0 Å². The average Bonchev–Trinajstić information content (AvgIpc) is 2.81. The van der Waals surface area contributed by atoms with Crippen molar-refractivity contribution in [3.05, 3.63) is 46.5 Å². The summed E-state index contributed by atoms with van der Waals surface area (Å²) >= 11 is 0. The van der Waals surface area contributed by atoms with Gasteiger partial charge < -0.3 is 35.2 Å². The number of ether oxygens (including phenoxy) is 2. The van der Waals surface area contributed by atoms with Gasteiger partial charge in [-0.05, 0) is 57.6 Å². The van der Waals surface area contributed by atoms with E-state index < -0.39 is 11.6 Å². The van der Waals surface area contributed by atoms with E-state index in [-0.39, 0.29) is 40.0 Å². The van der Waals surface area contributed by atoms with E-state index in [1.54, 1.807) is 26.4 Å². The number of carbonyl (C=O) groups excluding carboxylic acids is 2. The standard InChI is InChI=1S/C25H33N3O6/c1-28(2)14-13-27-16-9-8-15(26-12-6-5-7-19(33-3)34-4)20-21(16)25(32)23-18(30)11-10-17(29)22(23)24(20)31/h8-11,19,26-27,29-30H,5-7,12-14H2,1-4H3. The number of phenolic OH excluding ortho intramolecular Hbond substituents is 2. The molecule has 9 nitrogen and oxygen atoms in total. The number of aromatic hydroxyl groups is 2. The Morgan fingerprint density at radius 3 is 1.76 bits per heavy atom. The van der Waals surface area contributed by atoms with Crippen LogP contribution in [0.5, 0.6) is 11.5 Å². The Labute approximate surface area is 199 Å². The molecule has 0 aromatic heterocycles. The van der Waals surface area contributed by atoms with Crippen LogP contribution in [-0.2, 0) is 9.47 Å². The number of ketones is 2. The lowest BCUT2D eigenvalue weighted by Crippen LogP contribution is -2.26. The second-order valence-corrected chi connectivity index (χ2v) is 8.48. The van der Waals surface area contributed by atoms with Crippen molar-refractivity contribution in [2.24, 2.45) is 0 Å². The predicted molar refractivity (Wildman–Crippen MR) is 130 cm³/mol. The van der Waals surface area contributed by atoms with Gasteiger partial charge in [0, 0.05) is 45.2 Å². The first kappa shape index (κ1) is 25.5. The Morgan fingerprint density at radius 1 is 0.794 bits per heavy atom.